The molecule has 0 spiro atoms. The van der Waals surface area contributed by atoms with Gasteiger partial charge in [0.2, 0.25) is 0 Å². The molecule has 0 aliphatic carbocycles. The van der Waals surface area contributed by atoms with Crippen molar-refractivity contribution in [3.8, 4) is 0 Å². The quantitative estimate of drug-likeness (QED) is 0.555. The van der Waals surface area contributed by atoms with E-state index in [1.54, 1.807) is 29.4 Å². The summed E-state index contributed by atoms with van der Waals surface area (Å²) in [6, 6.07) is 0. The van der Waals surface area contributed by atoms with Gasteiger partial charge in [-0.3, -0.25) is 0 Å². The topological polar surface area (TPSA) is 76.6 Å². The summed E-state index contributed by atoms with van der Waals surface area (Å²) in [6.07, 6.45) is 3.22. The maximum Gasteiger partial charge on any atom is 0.181 e. The van der Waals surface area contributed by atoms with E-state index in [0.717, 1.165) is 27.0 Å². The smallest absolute Gasteiger partial charge is 0.181 e. The van der Waals surface area contributed by atoms with E-state index < -0.39 is 0 Å². The normalized spacial score (nSPS) is 12.9. The molecule has 6 nitrogen and oxygen atoms in total. The van der Waals surface area contributed by atoms with Crippen LogP contribution in [0.1, 0.15) is 30.7 Å². The van der Waals surface area contributed by atoms with Crippen LogP contribution in [-0.2, 0) is 10.5 Å². The average molecular weight is 321 g/mol. The van der Waals surface area contributed by atoms with E-state index >= 15 is 0 Å². The van der Waals surface area contributed by atoms with Gasteiger partial charge in [-0.2, -0.15) is 0 Å². The highest BCUT2D eigenvalue weighted by Gasteiger charge is 2.12. The van der Waals surface area contributed by atoms with Crippen molar-refractivity contribution in [1.82, 2.24) is 24.9 Å². The highest BCUT2D eigenvalue weighted by atomic mass is 32.2. The molecule has 0 aliphatic rings. The highest BCUT2D eigenvalue weighted by Crippen LogP contribution is 2.28. The number of hydrogen-bond acceptors (Lipinski definition) is 7. The van der Waals surface area contributed by atoms with Crippen molar-refractivity contribution in [2.75, 3.05) is 6.61 Å². The first-order valence-electron chi connectivity index (χ1n) is 6.60. The molecule has 0 bridgehead atoms. The number of aromatic amines is 1. The number of nitrogens with one attached hydrogen (secondary N) is 1. The van der Waals surface area contributed by atoms with E-state index in [1.165, 1.54) is 6.33 Å². The Kier molecular flexibility index (Phi) is 4.47. The number of rotatable bonds is 6. The Balaban J connectivity index is 1.69. The molecule has 1 N–H and O–H groups in total. The molecular formula is C13H15N5OS2. The lowest BCUT2D eigenvalue weighted by Crippen LogP contribution is -1.99. The van der Waals surface area contributed by atoms with Crippen LogP contribution >= 0.6 is 23.1 Å². The van der Waals surface area contributed by atoms with Crippen LogP contribution in [-0.4, -0.2) is 31.5 Å². The Hall–Kier alpha value is -1.51. The first-order valence-corrected chi connectivity index (χ1v) is 8.47. The molecule has 0 fully saturated rings. The molecule has 0 saturated carbocycles. The van der Waals surface area contributed by atoms with E-state index in [0.29, 0.717) is 12.3 Å². The molecule has 1 atom stereocenters. The van der Waals surface area contributed by atoms with Crippen LogP contribution in [0.2, 0.25) is 0 Å². The second-order valence-electron chi connectivity index (χ2n) is 4.34. The number of H-pyrrole nitrogens is 1. The molecule has 0 unspecified atom stereocenters. The summed E-state index contributed by atoms with van der Waals surface area (Å²) in [6.45, 7) is 4.72. The molecule has 3 rings (SSSR count). The van der Waals surface area contributed by atoms with E-state index in [9.17, 15) is 0 Å². The second kappa shape index (κ2) is 6.50. The fourth-order valence-electron chi connectivity index (χ4n) is 1.89. The van der Waals surface area contributed by atoms with Crippen LogP contribution in [0, 0.1) is 0 Å². The maximum absolute atomic E-state index is 5.56. The fourth-order valence-corrected chi connectivity index (χ4v) is 3.67. The summed E-state index contributed by atoms with van der Waals surface area (Å²) in [5.41, 5.74) is 2.61. The molecule has 3 aromatic rings. The number of imidazole rings is 1. The van der Waals surface area contributed by atoms with Crippen molar-refractivity contribution in [2.24, 2.45) is 0 Å². The fraction of sp³-hybridized carbons (Fsp3) is 0.385. The van der Waals surface area contributed by atoms with Gasteiger partial charge in [-0.1, -0.05) is 11.8 Å². The number of hydrogen-bond donors (Lipinski definition) is 1. The van der Waals surface area contributed by atoms with Gasteiger partial charge in [0.1, 0.15) is 28.0 Å². The van der Waals surface area contributed by atoms with Gasteiger partial charge < -0.3 is 9.72 Å². The summed E-state index contributed by atoms with van der Waals surface area (Å²) in [7, 11) is 0. The van der Waals surface area contributed by atoms with Crippen LogP contribution in [0.5, 0.6) is 0 Å². The second-order valence-corrected chi connectivity index (χ2v) is 6.20. The Morgan fingerprint density at radius 1 is 1.38 bits per heavy atom. The SMILES string of the molecule is CCO[C@@H](C)c1nc(CSc2ncnc3nc[nH]c23)cs1. The van der Waals surface area contributed by atoms with E-state index in [1.807, 2.05) is 13.8 Å². The Morgan fingerprint density at radius 3 is 3.14 bits per heavy atom. The Morgan fingerprint density at radius 2 is 2.29 bits per heavy atom. The zero-order valence-corrected chi connectivity index (χ0v) is 13.4. The largest absolute Gasteiger partial charge is 0.372 e. The summed E-state index contributed by atoms with van der Waals surface area (Å²) in [5, 5.41) is 3.98. The van der Waals surface area contributed by atoms with Gasteiger partial charge in [0.15, 0.2) is 5.65 Å². The molecule has 3 heterocycles. The lowest BCUT2D eigenvalue weighted by Gasteiger charge is -2.06. The summed E-state index contributed by atoms with van der Waals surface area (Å²) in [4.78, 5) is 20.2. The molecule has 0 saturated heterocycles. The number of thiazole rings is 1. The molecule has 0 amide bonds. The summed E-state index contributed by atoms with van der Waals surface area (Å²) < 4.78 is 5.56. The Labute approximate surface area is 130 Å². The van der Waals surface area contributed by atoms with Crippen molar-refractivity contribution in [1.29, 1.82) is 0 Å². The number of nitrogens with zero attached hydrogens (tertiary/aromatic N) is 4. The van der Waals surface area contributed by atoms with Crippen molar-refractivity contribution in [3.05, 3.63) is 28.7 Å². The van der Waals surface area contributed by atoms with Gasteiger partial charge in [0.05, 0.1) is 12.0 Å². The molecule has 21 heavy (non-hydrogen) atoms. The van der Waals surface area contributed by atoms with E-state index in [4.69, 9.17) is 4.74 Å². The first kappa shape index (κ1) is 14.4. The zero-order chi connectivity index (χ0) is 14.7. The van der Waals surface area contributed by atoms with Crippen molar-refractivity contribution in [2.45, 2.75) is 30.7 Å². The predicted octanol–water partition coefficient (Wildman–Crippen LogP) is 3.20. The number of fused-ring (bicyclic) bond motifs is 1. The third-order valence-electron chi connectivity index (χ3n) is 2.88. The molecule has 110 valence electrons. The van der Waals surface area contributed by atoms with Crippen molar-refractivity contribution < 1.29 is 4.74 Å². The standard InChI is InChI=1S/C13H15N5OS2/c1-3-19-8(2)12-18-9(4-20-12)5-21-13-10-11(15-6-14-10)16-7-17-13/h4,6-8H,3,5H2,1-2H3,(H,14,15,16,17)/t8-/m0/s1. The lowest BCUT2D eigenvalue weighted by atomic mass is 10.4. The number of aromatic nitrogens is 5. The molecule has 3 aromatic heterocycles. The maximum atomic E-state index is 5.56. The Bertz CT molecular complexity index is 726. The van der Waals surface area contributed by atoms with Crippen molar-refractivity contribution in [3.63, 3.8) is 0 Å². The summed E-state index contributed by atoms with van der Waals surface area (Å²) in [5.74, 6) is 0.764. The van der Waals surface area contributed by atoms with Gasteiger partial charge >= 0.3 is 0 Å². The van der Waals surface area contributed by atoms with Crippen LogP contribution in [0.15, 0.2) is 23.1 Å². The third-order valence-corrected chi connectivity index (χ3v) is 4.96. The van der Waals surface area contributed by atoms with Gasteiger partial charge in [-0.25, -0.2) is 19.9 Å². The number of thioether (sulfide) groups is 1. The van der Waals surface area contributed by atoms with Gasteiger partial charge in [-0.05, 0) is 13.8 Å². The van der Waals surface area contributed by atoms with Gasteiger partial charge in [-0.15, -0.1) is 11.3 Å². The zero-order valence-electron chi connectivity index (χ0n) is 11.7. The summed E-state index contributed by atoms with van der Waals surface area (Å²) >= 11 is 3.26. The molecule has 8 heteroatoms. The minimum absolute atomic E-state index is 0.0529. The molecule has 0 radical (unpaired) electrons. The third kappa shape index (κ3) is 3.22. The van der Waals surface area contributed by atoms with Gasteiger partial charge in [0.25, 0.3) is 0 Å². The predicted molar refractivity (Wildman–Crippen MR) is 83.4 cm³/mol. The molecule has 0 aromatic carbocycles. The molecular weight excluding hydrogens is 306 g/mol. The van der Waals surface area contributed by atoms with Crippen LogP contribution in [0.3, 0.4) is 0 Å². The van der Waals surface area contributed by atoms with Gasteiger partial charge in [0, 0.05) is 17.7 Å². The van der Waals surface area contributed by atoms with Crippen LogP contribution in [0.25, 0.3) is 11.2 Å². The minimum Gasteiger partial charge on any atom is -0.372 e. The van der Waals surface area contributed by atoms with Crippen LogP contribution < -0.4 is 0 Å². The first-order chi connectivity index (χ1) is 10.3. The molecule has 0 aliphatic heterocycles. The lowest BCUT2D eigenvalue weighted by molar-refractivity contribution is 0.0761. The van der Waals surface area contributed by atoms with E-state index in [-0.39, 0.29) is 6.10 Å². The average Bonchev–Trinajstić information content (AvgIpc) is 3.14. The van der Waals surface area contributed by atoms with E-state index in [2.05, 4.69) is 30.3 Å². The highest BCUT2D eigenvalue weighted by molar-refractivity contribution is 7.98. The van der Waals surface area contributed by atoms with Crippen molar-refractivity contribution >= 4 is 34.3 Å². The monoisotopic (exact) mass is 321 g/mol. The van der Waals surface area contributed by atoms with Crippen LogP contribution in [0.4, 0.5) is 0 Å². The minimum atomic E-state index is 0.0529. The number of ether oxygens (including phenoxy) is 1.